The second-order valence-corrected chi connectivity index (χ2v) is 11.1. The largest absolute Gasteiger partial charge is 0.337 e. The number of nitrogens with zero attached hydrogens (tertiary/aromatic N) is 4. The van der Waals surface area contributed by atoms with Crippen molar-refractivity contribution < 1.29 is 4.79 Å². The lowest BCUT2D eigenvalue weighted by Crippen LogP contribution is -2.32. The number of amides is 1. The molecule has 1 fully saturated rings. The van der Waals surface area contributed by atoms with E-state index < -0.39 is 0 Å². The van der Waals surface area contributed by atoms with Gasteiger partial charge in [0.25, 0.3) is 5.91 Å². The van der Waals surface area contributed by atoms with Crippen LogP contribution in [-0.2, 0) is 19.4 Å². The van der Waals surface area contributed by atoms with Gasteiger partial charge in [-0.05, 0) is 92.1 Å². The van der Waals surface area contributed by atoms with E-state index >= 15 is 0 Å². The van der Waals surface area contributed by atoms with Crippen LogP contribution in [0.25, 0.3) is 22.0 Å². The molecule has 3 aromatic carbocycles. The molecule has 38 heavy (non-hydrogen) atoms. The Labute approximate surface area is 223 Å². The molecule has 3 aliphatic rings. The maximum Gasteiger partial charge on any atom is 0.254 e. The zero-order chi connectivity index (χ0) is 25.6. The molecule has 0 radical (unpaired) electrons. The number of nitrogens with one attached hydrogen (secondary N) is 1. The van der Waals surface area contributed by atoms with Gasteiger partial charge in [-0.3, -0.25) is 4.79 Å². The summed E-state index contributed by atoms with van der Waals surface area (Å²) in [6.07, 6.45) is 9.38. The number of rotatable bonds is 4. The first-order chi connectivity index (χ1) is 18.6. The van der Waals surface area contributed by atoms with E-state index in [4.69, 9.17) is 4.98 Å². The van der Waals surface area contributed by atoms with Gasteiger partial charge in [-0.15, -0.1) is 0 Å². The van der Waals surface area contributed by atoms with Gasteiger partial charge >= 0.3 is 0 Å². The molecule has 0 bridgehead atoms. The van der Waals surface area contributed by atoms with Crippen LogP contribution in [0.4, 0.5) is 11.6 Å². The number of hydrogen-bond acceptors (Lipinski definition) is 5. The van der Waals surface area contributed by atoms with Crippen molar-refractivity contribution in [3.05, 3.63) is 83.0 Å². The number of aryl methyl sites for hydroxylation is 2. The topological polar surface area (TPSA) is 61.4 Å². The van der Waals surface area contributed by atoms with Crippen LogP contribution in [0, 0.1) is 0 Å². The molecule has 0 unspecified atom stereocenters. The number of carbonyl (C=O) groups is 1. The van der Waals surface area contributed by atoms with E-state index in [1.807, 2.05) is 31.4 Å². The fourth-order valence-electron chi connectivity index (χ4n) is 6.53. The normalized spacial score (nSPS) is 19.4. The molecule has 6 nitrogen and oxygen atoms in total. The molecule has 1 N–H and O–H groups in total. The van der Waals surface area contributed by atoms with Crippen molar-refractivity contribution >= 4 is 28.4 Å². The van der Waals surface area contributed by atoms with Crippen molar-refractivity contribution in [2.45, 2.75) is 51.1 Å². The van der Waals surface area contributed by atoms with E-state index in [9.17, 15) is 4.79 Å². The lowest BCUT2D eigenvalue weighted by Gasteiger charge is -2.25. The van der Waals surface area contributed by atoms with Crippen LogP contribution in [-0.4, -0.2) is 51.9 Å². The molecule has 0 saturated carbocycles. The molecular weight excluding hydrogens is 470 g/mol. The predicted molar refractivity (Wildman–Crippen MR) is 152 cm³/mol. The molecule has 2 aliphatic heterocycles. The molecule has 7 rings (SSSR count). The van der Waals surface area contributed by atoms with Crippen LogP contribution in [0.2, 0.25) is 0 Å². The van der Waals surface area contributed by atoms with Crippen molar-refractivity contribution in [3.63, 3.8) is 0 Å². The summed E-state index contributed by atoms with van der Waals surface area (Å²) >= 11 is 0. The van der Waals surface area contributed by atoms with Crippen molar-refractivity contribution in [1.82, 2.24) is 19.8 Å². The minimum Gasteiger partial charge on any atom is -0.337 e. The van der Waals surface area contributed by atoms with Crippen LogP contribution in [0.15, 0.2) is 60.8 Å². The third-order valence-electron chi connectivity index (χ3n) is 8.63. The second kappa shape index (κ2) is 9.52. The smallest absolute Gasteiger partial charge is 0.254 e. The first kappa shape index (κ1) is 23.4. The minimum atomic E-state index is 0.0778. The van der Waals surface area contributed by atoms with Gasteiger partial charge in [0.15, 0.2) is 0 Å². The molecule has 6 heteroatoms. The number of fused-ring (bicyclic) bond motifs is 3. The first-order valence-electron chi connectivity index (χ1n) is 13.9. The van der Waals surface area contributed by atoms with Gasteiger partial charge in [0, 0.05) is 48.0 Å². The summed E-state index contributed by atoms with van der Waals surface area (Å²) in [5.74, 6) is 0.666. The Morgan fingerprint density at radius 2 is 1.71 bits per heavy atom. The molecule has 1 aliphatic carbocycles. The highest BCUT2D eigenvalue weighted by Gasteiger charge is 2.26. The lowest BCUT2D eigenvalue weighted by molar-refractivity contribution is 0.0816. The summed E-state index contributed by atoms with van der Waals surface area (Å²) < 4.78 is 0. The lowest BCUT2D eigenvalue weighted by atomic mass is 9.98. The Morgan fingerprint density at radius 1 is 0.895 bits per heavy atom. The minimum absolute atomic E-state index is 0.0778. The Hall–Kier alpha value is -3.77. The Kier molecular flexibility index (Phi) is 5.85. The average molecular weight is 504 g/mol. The molecule has 4 aromatic rings. The summed E-state index contributed by atoms with van der Waals surface area (Å²) in [5.41, 5.74) is 8.72. The quantitative estimate of drug-likeness (QED) is 0.348. The molecule has 1 atom stereocenters. The van der Waals surface area contributed by atoms with Gasteiger partial charge in [0.05, 0.1) is 5.52 Å². The van der Waals surface area contributed by atoms with E-state index in [0.29, 0.717) is 12.5 Å². The number of benzene rings is 3. The third-order valence-corrected chi connectivity index (χ3v) is 8.63. The molecule has 1 saturated heterocycles. The molecule has 3 heterocycles. The fraction of sp³-hybridized carbons (Fsp3) is 0.344. The number of aromatic nitrogens is 2. The second-order valence-electron chi connectivity index (χ2n) is 11.1. The van der Waals surface area contributed by atoms with Crippen LogP contribution in [0.5, 0.6) is 0 Å². The van der Waals surface area contributed by atoms with E-state index in [1.165, 1.54) is 49.9 Å². The third kappa shape index (κ3) is 4.23. The molecule has 1 aromatic heterocycles. The summed E-state index contributed by atoms with van der Waals surface area (Å²) in [5, 5.41) is 4.45. The van der Waals surface area contributed by atoms with E-state index in [0.717, 1.165) is 57.7 Å². The van der Waals surface area contributed by atoms with Crippen molar-refractivity contribution in [2.75, 3.05) is 25.5 Å². The highest BCUT2D eigenvalue weighted by Crippen LogP contribution is 2.33. The van der Waals surface area contributed by atoms with E-state index in [-0.39, 0.29) is 5.91 Å². The summed E-state index contributed by atoms with van der Waals surface area (Å²) in [4.78, 5) is 26.6. The number of likely N-dealkylation sites (tertiary alicyclic amines) is 1. The van der Waals surface area contributed by atoms with Gasteiger partial charge in [-0.1, -0.05) is 36.4 Å². The Morgan fingerprint density at radius 3 is 2.58 bits per heavy atom. The van der Waals surface area contributed by atoms with Crippen LogP contribution in [0.3, 0.4) is 0 Å². The van der Waals surface area contributed by atoms with Crippen LogP contribution >= 0.6 is 0 Å². The van der Waals surface area contributed by atoms with Gasteiger partial charge in [-0.2, -0.15) is 0 Å². The van der Waals surface area contributed by atoms with Crippen molar-refractivity contribution in [2.24, 2.45) is 0 Å². The van der Waals surface area contributed by atoms with Crippen LogP contribution in [0.1, 0.15) is 52.7 Å². The highest BCUT2D eigenvalue weighted by molar-refractivity contribution is 6.01. The van der Waals surface area contributed by atoms with Gasteiger partial charge in [-0.25, -0.2) is 9.97 Å². The summed E-state index contributed by atoms with van der Waals surface area (Å²) in [6, 6.07) is 19.8. The van der Waals surface area contributed by atoms with Gasteiger partial charge < -0.3 is 15.1 Å². The number of hydrogen-bond donors (Lipinski definition) is 1. The molecular formula is C32H33N5O. The maximum absolute atomic E-state index is 12.6. The predicted octanol–water partition coefficient (Wildman–Crippen LogP) is 5.97. The first-order valence-corrected chi connectivity index (χ1v) is 13.9. The van der Waals surface area contributed by atoms with Gasteiger partial charge in [0.2, 0.25) is 5.95 Å². The maximum atomic E-state index is 12.6. The van der Waals surface area contributed by atoms with Crippen LogP contribution < -0.4 is 5.32 Å². The zero-order valence-electron chi connectivity index (χ0n) is 21.9. The SMILES string of the molecule is CN1Cc2ccc(-c3cccc4cnc(Nc5ccc6c(c5)CC[C@@H](N5CCCC5)CC6)nc34)cc2C1=O. The molecule has 1 amide bonds. The monoisotopic (exact) mass is 503 g/mol. The number of carbonyl (C=O) groups excluding carboxylic acids is 1. The van der Waals surface area contributed by atoms with Gasteiger partial charge in [0.1, 0.15) is 0 Å². The summed E-state index contributed by atoms with van der Waals surface area (Å²) in [6.45, 7) is 3.21. The van der Waals surface area contributed by atoms with Crippen molar-refractivity contribution in [3.8, 4) is 11.1 Å². The van der Waals surface area contributed by atoms with E-state index in [2.05, 4.69) is 51.6 Å². The Balaban J connectivity index is 1.16. The standard InChI is InChI=1S/C32H33N5O/c1-36-20-25-8-7-23(18-29(25)31(36)38)28-6-4-5-24-19-33-32(35-30(24)28)34-26-12-9-21-10-13-27(14-11-22(21)17-26)37-15-2-3-16-37/h4-9,12,17-19,27H,2-3,10-11,13-16,20H2,1H3,(H,33,34,35)/t27-/m0/s1. The van der Waals surface area contributed by atoms with Crippen molar-refractivity contribution in [1.29, 1.82) is 0 Å². The molecule has 0 spiro atoms. The fourth-order valence-corrected chi connectivity index (χ4v) is 6.53. The Bertz CT molecular complexity index is 1540. The molecule has 192 valence electrons. The average Bonchev–Trinajstić information content (AvgIpc) is 3.51. The highest BCUT2D eigenvalue weighted by atomic mass is 16.2. The summed E-state index contributed by atoms with van der Waals surface area (Å²) in [7, 11) is 1.85. The number of anilines is 2. The number of para-hydroxylation sites is 1. The zero-order valence-corrected chi connectivity index (χ0v) is 21.9. The van der Waals surface area contributed by atoms with E-state index in [1.54, 1.807) is 4.90 Å².